The molecule has 4 nitrogen and oxygen atoms in total. The van der Waals surface area contributed by atoms with Crippen molar-refractivity contribution in [2.45, 2.75) is 0 Å². The predicted molar refractivity (Wildman–Crippen MR) is 86.4 cm³/mol. The second kappa shape index (κ2) is 6.76. The van der Waals surface area contributed by atoms with Gasteiger partial charge in [0.2, 0.25) is 5.95 Å². The maximum Gasteiger partial charge on any atom is 0.229 e. The number of benzene rings is 2. The molecule has 0 fully saturated rings. The highest BCUT2D eigenvalue weighted by molar-refractivity contribution is 6.30. The zero-order valence-electron chi connectivity index (χ0n) is 12.0. The summed E-state index contributed by atoms with van der Waals surface area (Å²) in [5.74, 6) is -3.67. The molecule has 24 heavy (non-hydrogen) atoms. The van der Waals surface area contributed by atoms with Gasteiger partial charge < -0.3 is 10.6 Å². The highest BCUT2D eigenvalue weighted by Crippen LogP contribution is 2.23. The van der Waals surface area contributed by atoms with E-state index in [1.54, 1.807) is 24.3 Å². The van der Waals surface area contributed by atoms with E-state index in [9.17, 15) is 13.2 Å². The summed E-state index contributed by atoms with van der Waals surface area (Å²) in [5, 5.41) is 6.11. The first-order valence-corrected chi connectivity index (χ1v) is 7.17. The highest BCUT2D eigenvalue weighted by atomic mass is 35.5. The van der Waals surface area contributed by atoms with Gasteiger partial charge in [-0.25, -0.2) is 18.2 Å². The van der Waals surface area contributed by atoms with Crippen LogP contribution in [0.15, 0.2) is 48.7 Å². The van der Waals surface area contributed by atoms with Gasteiger partial charge in [0.15, 0.2) is 17.5 Å². The minimum Gasteiger partial charge on any atom is -0.338 e. The van der Waals surface area contributed by atoms with Crippen molar-refractivity contribution in [2.75, 3.05) is 10.6 Å². The molecule has 0 aliphatic heterocycles. The summed E-state index contributed by atoms with van der Waals surface area (Å²) in [6, 6.07) is 10.2. The molecule has 0 spiro atoms. The van der Waals surface area contributed by atoms with Crippen LogP contribution in [0.1, 0.15) is 0 Å². The molecule has 1 heterocycles. The van der Waals surface area contributed by atoms with Gasteiger partial charge in [0.05, 0.1) is 5.69 Å². The lowest BCUT2D eigenvalue weighted by Crippen LogP contribution is -2.03. The van der Waals surface area contributed by atoms with Crippen LogP contribution in [0.25, 0.3) is 0 Å². The smallest absolute Gasteiger partial charge is 0.229 e. The average Bonchev–Trinajstić information content (AvgIpc) is 2.58. The average molecular weight is 351 g/mol. The Kier molecular flexibility index (Phi) is 4.52. The quantitative estimate of drug-likeness (QED) is 0.648. The van der Waals surface area contributed by atoms with Crippen LogP contribution < -0.4 is 10.6 Å². The Balaban J connectivity index is 1.80. The zero-order chi connectivity index (χ0) is 17.1. The monoisotopic (exact) mass is 350 g/mol. The maximum absolute atomic E-state index is 13.7. The first-order chi connectivity index (χ1) is 11.5. The number of nitrogens with one attached hydrogen (secondary N) is 2. The molecule has 0 aliphatic rings. The van der Waals surface area contributed by atoms with Crippen molar-refractivity contribution in [2.24, 2.45) is 0 Å². The third kappa shape index (κ3) is 3.57. The fourth-order valence-corrected chi connectivity index (χ4v) is 2.04. The second-order valence-electron chi connectivity index (χ2n) is 4.75. The lowest BCUT2D eigenvalue weighted by atomic mass is 10.3. The van der Waals surface area contributed by atoms with Crippen molar-refractivity contribution in [3.05, 3.63) is 71.1 Å². The predicted octanol–water partition coefficient (Wildman–Crippen LogP) is 5.03. The molecule has 0 atom stereocenters. The molecule has 2 aromatic carbocycles. The van der Waals surface area contributed by atoms with Crippen LogP contribution in [-0.4, -0.2) is 9.97 Å². The zero-order valence-corrected chi connectivity index (χ0v) is 12.8. The summed E-state index contributed by atoms with van der Waals surface area (Å²) in [7, 11) is 0. The highest BCUT2D eigenvalue weighted by Gasteiger charge is 2.14. The van der Waals surface area contributed by atoms with Gasteiger partial charge in [-0.15, -0.1) is 0 Å². The Labute approximate surface area is 140 Å². The molecule has 122 valence electrons. The van der Waals surface area contributed by atoms with Gasteiger partial charge in [0.25, 0.3) is 0 Å². The Morgan fingerprint density at radius 2 is 1.58 bits per heavy atom. The molecule has 3 rings (SSSR count). The lowest BCUT2D eigenvalue weighted by Gasteiger charge is -2.09. The molecule has 3 aromatic rings. The van der Waals surface area contributed by atoms with Crippen molar-refractivity contribution in [3.63, 3.8) is 0 Å². The minimum atomic E-state index is -1.55. The SMILES string of the molecule is Fc1ccc(Nc2ccnc(Nc3ccc(Cl)cc3)n2)c(F)c1F. The standard InChI is InChI=1S/C16H10ClF3N4/c17-9-1-3-10(4-2-9)22-16-21-8-7-13(24-16)23-12-6-5-11(18)14(19)15(12)20/h1-8H,(H2,21,22,23,24). The van der Waals surface area contributed by atoms with Gasteiger partial charge in [0, 0.05) is 16.9 Å². The van der Waals surface area contributed by atoms with Gasteiger partial charge in [-0.1, -0.05) is 11.6 Å². The number of rotatable bonds is 4. The number of nitrogens with zero attached hydrogens (tertiary/aromatic N) is 2. The van der Waals surface area contributed by atoms with Crippen molar-refractivity contribution in [3.8, 4) is 0 Å². The molecule has 0 amide bonds. The molecule has 0 radical (unpaired) electrons. The third-order valence-corrected chi connectivity index (χ3v) is 3.31. The van der Waals surface area contributed by atoms with Crippen molar-refractivity contribution < 1.29 is 13.2 Å². The van der Waals surface area contributed by atoms with Gasteiger partial charge in [-0.2, -0.15) is 4.98 Å². The van der Waals surface area contributed by atoms with Gasteiger partial charge in [-0.3, -0.25) is 0 Å². The number of halogens is 4. The van der Waals surface area contributed by atoms with Crippen molar-refractivity contribution in [1.29, 1.82) is 0 Å². The molecular formula is C16H10ClF3N4. The van der Waals surface area contributed by atoms with E-state index < -0.39 is 17.5 Å². The van der Waals surface area contributed by atoms with Crippen LogP contribution in [0.5, 0.6) is 0 Å². The van der Waals surface area contributed by atoms with Crippen LogP contribution in [0.2, 0.25) is 5.02 Å². The van der Waals surface area contributed by atoms with E-state index in [-0.39, 0.29) is 17.5 Å². The molecule has 0 aliphatic carbocycles. The van der Waals surface area contributed by atoms with Crippen molar-refractivity contribution in [1.82, 2.24) is 9.97 Å². The third-order valence-electron chi connectivity index (χ3n) is 3.05. The Morgan fingerprint density at radius 3 is 2.33 bits per heavy atom. The number of hydrogen-bond acceptors (Lipinski definition) is 4. The molecule has 1 aromatic heterocycles. The summed E-state index contributed by atoms with van der Waals surface area (Å²) < 4.78 is 39.9. The fourth-order valence-electron chi connectivity index (χ4n) is 1.91. The Bertz CT molecular complexity index is 872. The van der Waals surface area contributed by atoms with E-state index in [0.717, 1.165) is 12.1 Å². The van der Waals surface area contributed by atoms with Crippen molar-refractivity contribution >= 4 is 34.7 Å². The topological polar surface area (TPSA) is 49.8 Å². The first-order valence-electron chi connectivity index (χ1n) is 6.79. The molecule has 0 saturated carbocycles. The number of hydrogen-bond donors (Lipinski definition) is 2. The lowest BCUT2D eigenvalue weighted by molar-refractivity contribution is 0.449. The molecule has 0 saturated heterocycles. The number of anilines is 4. The van der Waals surface area contributed by atoms with Crippen LogP contribution in [0.3, 0.4) is 0 Å². The molecule has 0 unspecified atom stereocenters. The normalized spacial score (nSPS) is 10.5. The summed E-state index contributed by atoms with van der Waals surface area (Å²) in [5.41, 5.74) is 0.473. The first kappa shape index (κ1) is 16.1. The van der Waals surface area contributed by atoms with Crippen LogP contribution >= 0.6 is 11.6 Å². The molecular weight excluding hydrogens is 341 g/mol. The van der Waals surface area contributed by atoms with Crippen LogP contribution in [-0.2, 0) is 0 Å². The van der Waals surface area contributed by atoms with E-state index in [4.69, 9.17) is 11.6 Å². The molecule has 0 bridgehead atoms. The summed E-state index contributed by atoms with van der Waals surface area (Å²) in [6.07, 6.45) is 1.44. The minimum absolute atomic E-state index is 0.214. The van der Waals surface area contributed by atoms with Crippen LogP contribution in [0.4, 0.5) is 36.3 Å². The summed E-state index contributed by atoms with van der Waals surface area (Å²) in [4.78, 5) is 8.16. The maximum atomic E-state index is 13.7. The molecule has 8 heteroatoms. The summed E-state index contributed by atoms with van der Waals surface area (Å²) in [6.45, 7) is 0. The van der Waals surface area contributed by atoms with E-state index in [1.807, 2.05) is 0 Å². The van der Waals surface area contributed by atoms with E-state index >= 15 is 0 Å². The van der Waals surface area contributed by atoms with Gasteiger partial charge in [-0.05, 0) is 42.5 Å². The summed E-state index contributed by atoms with van der Waals surface area (Å²) >= 11 is 5.81. The fraction of sp³-hybridized carbons (Fsp3) is 0. The van der Waals surface area contributed by atoms with Crippen LogP contribution in [0, 0.1) is 17.5 Å². The largest absolute Gasteiger partial charge is 0.338 e. The Hall–Kier alpha value is -2.80. The second-order valence-corrected chi connectivity index (χ2v) is 5.18. The van der Waals surface area contributed by atoms with Gasteiger partial charge >= 0.3 is 0 Å². The van der Waals surface area contributed by atoms with E-state index in [2.05, 4.69) is 20.6 Å². The van der Waals surface area contributed by atoms with E-state index in [0.29, 0.717) is 10.7 Å². The number of aromatic nitrogens is 2. The van der Waals surface area contributed by atoms with Gasteiger partial charge in [0.1, 0.15) is 5.82 Å². The molecule has 2 N–H and O–H groups in total. The Morgan fingerprint density at radius 1 is 0.833 bits per heavy atom. The van der Waals surface area contributed by atoms with E-state index in [1.165, 1.54) is 12.3 Å².